The van der Waals surface area contributed by atoms with E-state index in [0.29, 0.717) is 18.4 Å². The van der Waals surface area contributed by atoms with E-state index >= 15 is 0 Å². The van der Waals surface area contributed by atoms with Gasteiger partial charge in [-0.3, -0.25) is 9.80 Å². The van der Waals surface area contributed by atoms with Crippen LogP contribution in [-0.4, -0.2) is 61.6 Å². The Balaban J connectivity index is 1.29. The average Bonchev–Trinajstić information content (AvgIpc) is 3.29. The summed E-state index contributed by atoms with van der Waals surface area (Å²) < 4.78 is 13.7. The van der Waals surface area contributed by atoms with Crippen LogP contribution >= 0.6 is 0 Å². The predicted octanol–water partition coefficient (Wildman–Crippen LogP) is 7.87. The summed E-state index contributed by atoms with van der Waals surface area (Å²) in [5.74, 6) is 1.22. The molecule has 0 spiro atoms. The Morgan fingerprint density at radius 2 is 1.47 bits per heavy atom. The highest BCUT2D eigenvalue weighted by atomic mass is 28.4. The molecule has 3 aromatic carbocycles. The fraction of sp³-hybridized carbons (Fsp3) is 0.537. The van der Waals surface area contributed by atoms with Crippen LogP contribution in [0.25, 0.3) is 0 Å². The molecule has 1 aliphatic carbocycles. The van der Waals surface area contributed by atoms with Crippen molar-refractivity contribution >= 4 is 24.8 Å². The zero-order valence-corrected chi connectivity index (χ0v) is 29.9. The minimum absolute atomic E-state index is 0.00627. The minimum atomic E-state index is -2.86. The maximum atomic E-state index is 13.7. The van der Waals surface area contributed by atoms with Gasteiger partial charge >= 0.3 is 6.09 Å². The molecule has 250 valence electrons. The maximum absolute atomic E-state index is 13.7. The van der Waals surface area contributed by atoms with Crippen LogP contribution in [0.3, 0.4) is 0 Å². The summed E-state index contributed by atoms with van der Waals surface area (Å²) in [6, 6.07) is 31.7. The van der Waals surface area contributed by atoms with Gasteiger partial charge in [0, 0.05) is 13.1 Å². The molecule has 3 heterocycles. The van der Waals surface area contributed by atoms with Gasteiger partial charge in [0.2, 0.25) is 0 Å². The van der Waals surface area contributed by atoms with Gasteiger partial charge in [-0.25, -0.2) is 4.79 Å². The van der Waals surface area contributed by atoms with Gasteiger partial charge in [0.05, 0.1) is 30.8 Å². The molecule has 0 aromatic heterocycles. The first-order valence-corrected chi connectivity index (χ1v) is 20.3. The second-order valence-electron chi connectivity index (χ2n) is 15.7. The Morgan fingerprint density at radius 1 is 0.830 bits per heavy atom. The number of nitrogens with zero attached hydrogens (tertiary/aromatic N) is 2. The summed E-state index contributed by atoms with van der Waals surface area (Å²) in [5, 5.41) is 2.44. The van der Waals surface area contributed by atoms with E-state index in [1.54, 1.807) is 0 Å². The second kappa shape index (κ2) is 13.5. The first kappa shape index (κ1) is 32.6. The quantitative estimate of drug-likeness (QED) is 0.184. The molecule has 5 atom stereocenters. The standard InChI is InChI=1S/C41H54N2O3Si/c1-5-45-40(44)43-36-26-31-27-37(43)39(46-47(41(2,3)4,34-21-12-8-13-22-34)35-23-14-9-15-24-35)38(36)42(29-31)28-30-17-16-20-33(25-30)32-18-10-6-7-11-19-32/h8-9,12-17,20-25,31-32,36-39H,5-7,10-11,18-19,26-29H2,1-4H3/t31?,36?,37?,38?,39-/m0/s1. The maximum Gasteiger partial charge on any atom is 0.410 e. The van der Waals surface area contributed by atoms with Gasteiger partial charge in [-0.2, -0.15) is 0 Å². The molecule has 1 saturated carbocycles. The Morgan fingerprint density at radius 3 is 2.09 bits per heavy atom. The van der Waals surface area contributed by atoms with Crippen LogP contribution in [0.1, 0.15) is 96.1 Å². The fourth-order valence-corrected chi connectivity index (χ4v) is 14.5. The molecule has 6 heteroatoms. The number of rotatable bonds is 8. The van der Waals surface area contributed by atoms with E-state index in [1.807, 2.05) is 6.92 Å². The summed E-state index contributed by atoms with van der Waals surface area (Å²) in [6.45, 7) is 11.3. The number of fused-ring (bicyclic) bond motifs is 2. The van der Waals surface area contributed by atoms with Crippen LogP contribution in [0, 0.1) is 5.92 Å². The first-order valence-electron chi connectivity index (χ1n) is 18.4. The molecule has 4 aliphatic rings. The Kier molecular flexibility index (Phi) is 9.38. The van der Waals surface area contributed by atoms with Crippen LogP contribution in [0.2, 0.25) is 5.04 Å². The van der Waals surface area contributed by atoms with Crippen molar-refractivity contribution in [3.05, 3.63) is 96.1 Å². The van der Waals surface area contributed by atoms with Crippen molar-refractivity contribution in [2.24, 2.45) is 5.92 Å². The molecule has 47 heavy (non-hydrogen) atoms. The van der Waals surface area contributed by atoms with Crippen LogP contribution in [0.5, 0.6) is 0 Å². The van der Waals surface area contributed by atoms with E-state index in [2.05, 4.69) is 116 Å². The molecule has 0 radical (unpaired) electrons. The van der Waals surface area contributed by atoms with Gasteiger partial charge in [-0.15, -0.1) is 0 Å². The molecule has 4 unspecified atom stereocenters. The zero-order valence-electron chi connectivity index (χ0n) is 28.9. The smallest absolute Gasteiger partial charge is 0.410 e. The third-order valence-corrected chi connectivity index (χ3v) is 16.8. The zero-order chi connectivity index (χ0) is 32.6. The Labute approximate surface area is 283 Å². The molecule has 3 bridgehead atoms. The highest BCUT2D eigenvalue weighted by molar-refractivity contribution is 6.99. The van der Waals surface area contributed by atoms with Gasteiger partial charge in [0.1, 0.15) is 0 Å². The monoisotopic (exact) mass is 650 g/mol. The van der Waals surface area contributed by atoms with Gasteiger partial charge < -0.3 is 9.16 Å². The topological polar surface area (TPSA) is 42.0 Å². The minimum Gasteiger partial charge on any atom is -0.450 e. The van der Waals surface area contributed by atoms with Gasteiger partial charge in [0.25, 0.3) is 8.32 Å². The predicted molar refractivity (Wildman–Crippen MR) is 193 cm³/mol. The number of amides is 1. The summed E-state index contributed by atoms with van der Waals surface area (Å²) in [6.07, 6.45) is 9.78. The summed E-state index contributed by atoms with van der Waals surface area (Å²) in [5.41, 5.74) is 2.91. The molecule has 3 aliphatic heterocycles. The van der Waals surface area contributed by atoms with Crippen LogP contribution in [0.15, 0.2) is 84.9 Å². The lowest BCUT2D eigenvalue weighted by atomic mass is 9.86. The highest BCUT2D eigenvalue weighted by Gasteiger charge is 2.64. The number of carbonyl (C=O) groups excluding carboxylic acids is 1. The van der Waals surface area contributed by atoms with Crippen molar-refractivity contribution in [1.29, 1.82) is 0 Å². The van der Waals surface area contributed by atoms with Crippen LogP contribution in [0.4, 0.5) is 4.79 Å². The molecule has 1 amide bonds. The first-order chi connectivity index (χ1) is 22.8. The van der Waals surface area contributed by atoms with E-state index in [0.717, 1.165) is 25.9 Å². The third-order valence-electron chi connectivity index (χ3n) is 11.8. The Bertz CT molecular complexity index is 1460. The molecule has 3 saturated heterocycles. The number of ether oxygens (including phenoxy) is 1. The van der Waals surface area contributed by atoms with Crippen molar-refractivity contribution < 1.29 is 14.0 Å². The van der Waals surface area contributed by atoms with E-state index in [4.69, 9.17) is 9.16 Å². The molecular weight excluding hydrogens is 597 g/mol. The molecular formula is C41H54N2O3Si. The van der Waals surface area contributed by atoms with Gasteiger partial charge in [-0.1, -0.05) is 131 Å². The number of hydrogen-bond acceptors (Lipinski definition) is 4. The van der Waals surface area contributed by atoms with E-state index in [-0.39, 0.29) is 35.4 Å². The normalized spacial score (nSPS) is 26.7. The molecule has 5 nitrogen and oxygen atoms in total. The molecule has 7 rings (SSSR count). The largest absolute Gasteiger partial charge is 0.450 e. The van der Waals surface area contributed by atoms with Gasteiger partial charge in [0.15, 0.2) is 0 Å². The van der Waals surface area contributed by atoms with Crippen molar-refractivity contribution in [2.75, 3.05) is 13.2 Å². The summed E-state index contributed by atoms with van der Waals surface area (Å²) in [7, 11) is -2.86. The van der Waals surface area contributed by atoms with Gasteiger partial charge in [-0.05, 0) is 71.0 Å². The lowest BCUT2D eigenvalue weighted by Crippen LogP contribution is -2.69. The average molecular weight is 651 g/mol. The number of carbonyl (C=O) groups is 1. The number of benzene rings is 3. The Hall–Kier alpha value is -2.93. The number of hydrogen-bond donors (Lipinski definition) is 0. The lowest BCUT2D eigenvalue weighted by Gasteiger charge is -2.47. The number of piperidine rings is 2. The number of likely N-dealkylation sites (tertiary alicyclic amines) is 1. The van der Waals surface area contributed by atoms with Crippen LogP contribution < -0.4 is 10.4 Å². The lowest BCUT2D eigenvalue weighted by molar-refractivity contribution is 0.00794. The second-order valence-corrected chi connectivity index (χ2v) is 19.9. The van der Waals surface area contributed by atoms with Crippen molar-refractivity contribution in [3.8, 4) is 0 Å². The van der Waals surface area contributed by atoms with Crippen molar-refractivity contribution in [1.82, 2.24) is 9.80 Å². The summed E-state index contributed by atoms with van der Waals surface area (Å²) in [4.78, 5) is 18.6. The van der Waals surface area contributed by atoms with E-state index < -0.39 is 8.32 Å². The summed E-state index contributed by atoms with van der Waals surface area (Å²) >= 11 is 0. The van der Waals surface area contributed by atoms with Crippen molar-refractivity contribution in [2.45, 2.75) is 121 Å². The van der Waals surface area contributed by atoms with E-state index in [9.17, 15) is 4.79 Å². The molecule has 0 N–H and O–H groups in total. The van der Waals surface area contributed by atoms with Crippen molar-refractivity contribution in [3.63, 3.8) is 0 Å². The molecule has 3 aromatic rings. The highest BCUT2D eigenvalue weighted by Crippen LogP contribution is 2.50. The SMILES string of the molecule is CCOC(=O)N1C2CC3CC1[C@H](O[Si](c1ccccc1)(c1ccccc1)C(C)(C)C)C2N(Cc1cccc(C2CCCCCC2)c1)C3. The third kappa shape index (κ3) is 6.11. The van der Waals surface area contributed by atoms with Crippen LogP contribution in [-0.2, 0) is 15.7 Å². The fourth-order valence-electron chi connectivity index (χ4n) is 9.82. The molecule has 4 fully saturated rings. The van der Waals surface area contributed by atoms with E-state index in [1.165, 1.54) is 60.0 Å².